The van der Waals surface area contributed by atoms with Gasteiger partial charge in [-0.25, -0.2) is 9.13 Å². The lowest BCUT2D eigenvalue weighted by Gasteiger charge is -2.21. The maximum absolute atomic E-state index is 13.0. The molecular formula is C68H132O17P2. The van der Waals surface area contributed by atoms with Gasteiger partial charge in [0.1, 0.15) is 19.3 Å². The van der Waals surface area contributed by atoms with Gasteiger partial charge in [0.15, 0.2) is 12.2 Å². The summed E-state index contributed by atoms with van der Waals surface area (Å²) in [4.78, 5) is 72.4. The number of carbonyl (C=O) groups is 4. The number of phosphoric acid groups is 2. The molecule has 0 rings (SSSR count). The summed E-state index contributed by atoms with van der Waals surface area (Å²) in [6.07, 6.45) is 47.0. The van der Waals surface area contributed by atoms with Gasteiger partial charge in [-0.3, -0.25) is 37.3 Å². The highest BCUT2D eigenvalue weighted by atomic mass is 31.2. The molecule has 0 aromatic heterocycles. The van der Waals surface area contributed by atoms with Crippen molar-refractivity contribution in [1.29, 1.82) is 0 Å². The monoisotopic (exact) mass is 1280 g/mol. The zero-order valence-electron chi connectivity index (χ0n) is 56.2. The molecule has 0 saturated carbocycles. The number of rotatable bonds is 68. The van der Waals surface area contributed by atoms with Gasteiger partial charge in [-0.15, -0.1) is 0 Å². The molecule has 17 nitrogen and oxygen atoms in total. The summed E-state index contributed by atoms with van der Waals surface area (Å²) in [6.45, 7) is 7.23. The average molecular weight is 1280 g/mol. The van der Waals surface area contributed by atoms with E-state index in [1.54, 1.807) is 0 Å². The van der Waals surface area contributed by atoms with E-state index in [0.717, 1.165) is 102 Å². The molecule has 0 bridgehead atoms. The van der Waals surface area contributed by atoms with Crippen molar-refractivity contribution in [2.75, 3.05) is 39.6 Å². The van der Waals surface area contributed by atoms with Crippen molar-refractivity contribution < 1.29 is 80.2 Å². The Morgan fingerprint density at radius 1 is 0.322 bits per heavy atom. The Morgan fingerprint density at radius 3 is 0.816 bits per heavy atom. The van der Waals surface area contributed by atoms with Crippen LogP contribution in [0.1, 0.15) is 349 Å². The fraction of sp³-hybridized carbons (Fsp3) is 0.941. The van der Waals surface area contributed by atoms with Gasteiger partial charge in [-0.1, -0.05) is 298 Å². The number of unbranched alkanes of at least 4 members (excludes halogenated alkanes) is 39. The molecule has 516 valence electrons. The van der Waals surface area contributed by atoms with Crippen LogP contribution in [0, 0.1) is 5.92 Å². The molecule has 0 saturated heterocycles. The first-order valence-corrected chi connectivity index (χ1v) is 38.7. The highest BCUT2D eigenvalue weighted by Crippen LogP contribution is 2.45. The first-order chi connectivity index (χ1) is 42.1. The van der Waals surface area contributed by atoms with Crippen molar-refractivity contribution in [2.24, 2.45) is 5.92 Å². The summed E-state index contributed by atoms with van der Waals surface area (Å²) in [6, 6.07) is 0. The SMILES string of the molecule is CCCCCCCCCCCCCCCC(=O)OC[C@H](COP(=O)(O)OC[C@@H](O)COP(=O)(O)OC[C@@H](COC(=O)CCCCCCCCCC)OC(=O)CCCCCCCCCCCCCC)OC(=O)CCCCCCCCCCCCC(C)CC. The van der Waals surface area contributed by atoms with E-state index in [-0.39, 0.29) is 25.7 Å². The van der Waals surface area contributed by atoms with Crippen LogP contribution in [0.25, 0.3) is 0 Å². The minimum absolute atomic E-state index is 0.107. The summed E-state index contributed by atoms with van der Waals surface area (Å²) in [7, 11) is -9.89. The van der Waals surface area contributed by atoms with E-state index in [1.807, 2.05) is 0 Å². The summed E-state index contributed by atoms with van der Waals surface area (Å²) in [5.74, 6) is -1.32. The summed E-state index contributed by atoms with van der Waals surface area (Å²) >= 11 is 0. The predicted molar refractivity (Wildman–Crippen MR) is 349 cm³/mol. The molecule has 0 aromatic carbocycles. The van der Waals surface area contributed by atoms with E-state index in [0.29, 0.717) is 25.7 Å². The number of carbonyl (C=O) groups excluding carboxylic acids is 4. The second-order valence-electron chi connectivity index (χ2n) is 24.8. The molecular weight excluding hydrogens is 1150 g/mol. The van der Waals surface area contributed by atoms with Crippen molar-refractivity contribution in [3.63, 3.8) is 0 Å². The Balaban J connectivity index is 5.23. The number of hydrogen-bond acceptors (Lipinski definition) is 15. The van der Waals surface area contributed by atoms with E-state index in [1.165, 1.54) is 167 Å². The number of ether oxygens (including phenoxy) is 4. The second kappa shape index (κ2) is 61.6. The molecule has 0 heterocycles. The molecule has 6 atom stereocenters. The molecule has 87 heavy (non-hydrogen) atoms. The second-order valence-corrected chi connectivity index (χ2v) is 27.7. The average Bonchev–Trinajstić information content (AvgIpc) is 3.71. The Kier molecular flexibility index (Phi) is 60.2. The largest absolute Gasteiger partial charge is 0.472 e. The quantitative estimate of drug-likeness (QED) is 0.0222. The molecule has 0 spiro atoms. The zero-order valence-corrected chi connectivity index (χ0v) is 57.9. The van der Waals surface area contributed by atoms with Crippen LogP contribution < -0.4 is 0 Å². The van der Waals surface area contributed by atoms with Crippen molar-refractivity contribution in [3.8, 4) is 0 Å². The number of phosphoric ester groups is 2. The van der Waals surface area contributed by atoms with Gasteiger partial charge in [0, 0.05) is 25.7 Å². The first kappa shape index (κ1) is 85.1. The van der Waals surface area contributed by atoms with Crippen molar-refractivity contribution in [3.05, 3.63) is 0 Å². The van der Waals surface area contributed by atoms with Gasteiger partial charge in [-0.05, 0) is 31.6 Å². The maximum Gasteiger partial charge on any atom is 0.472 e. The predicted octanol–water partition coefficient (Wildman–Crippen LogP) is 19.4. The van der Waals surface area contributed by atoms with E-state index in [9.17, 15) is 43.2 Å². The molecule has 3 unspecified atom stereocenters. The molecule has 0 fully saturated rings. The first-order valence-electron chi connectivity index (χ1n) is 35.7. The Morgan fingerprint density at radius 2 is 0.552 bits per heavy atom. The van der Waals surface area contributed by atoms with Crippen LogP contribution in [0.4, 0.5) is 0 Å². The summed E-state index contributed by atoms with van der Waals surface area (Å²) < 4.78 is 68.2. The Labute approximate surface area is 530 Å². The summed E-state index contributed by atoms with van der Waals surface area (Å²) in [5.41, 5.74) is 0. The zero-order chi connectivity index (χ0) is 64.2. The van der Waals surface area contributed by atoms with E-state index < -0.39 is 97.5 Å². The number of aliphatic hydroxyl groups excluding tert-OH is 1. The highest BCUT2D eigenvalue weighted by Gasteiger charge is 2.30. The van der Waals surface area contributed by atoms with Crippen molar-refractivity contribution in [2.45, 2.75) is 368 Å². The molecule has 0 radical (unpaired) electrons. The third-order valence-corrected chi connectivity index (χ3v) is 18.0. The Bertz CT molecular complexity index is 1690. The topological polar surface area (TPSA) is 237 Å². The van der Waals surface area contributed by atoms with Crippen LogP contribution in [0.2, 0.25) is 0 Å². The van der Waals surface area contributed by atoms with Gasteiger partial charge >= 0.3 is 39.5 Å². The van der Waals surface area contributed by atoms with Crippen LogP contribution in [-0.4, -0.2) is 96.7 Å². The van der Waals surface area contributed by atoms with E-state index in [2.05, 4.69) is 34.6 Å². The fourth-order valence-corrected chi connectivity index (χ4v) is 11.8. The van der Waals surface area contributed by atoms with Gasteiger partial charge in [-0.2, -0.15) is 0 Å². The molecule has 0 amide bonds. The molecule has 0 aliphatic heterocycles. The number of aliphatic hydroxyl groups is 1. The van der Waals surface area contributed by atoms with Gasteiger partial charge in [0.05, 0.1) is 26.4 Å². The molecule has 0 aromatic rings. The molecule has 0 aliphatic rings. The van der Waals surface area contributed by atoms with Crippen LogP contribution in [-0.2, 0) is 65.4 Å². The van der Waals surface area contributed by atoms with E-state index in [4.69, 9.17) is 37.0 Å². The minimum Gasteiger partial charge on any atom is -0.462 e. The van der Waals surface area contributed by atoms with Crippen molar-refractivity contribution >= 4 is 39.5 Å². The lowest BCUT2D eigenvalue weighted by Crippen LogP contribution is -2.30. The third-order valence-electron chi connectivity index (χ3n) is 16.1. The Hall–Kier alpha value is -1.94. The lowest BCUT2D eigenvalue weighted by molar-refractivity contribution is -0.161. The number of esters is 4. The maximum atomic E-state index is 13.0. The van der Waals surface area contributed by atoms with E-state index >= 15 is 0 Å². The molecule has 19 heteroatoms. The normalized spacial score (nSPS) is 14.4. The smallest absolute Gasteiger partial charge is 0.462 e. The standard InChI is InChI=1S/C68H132O17P2/c1-6-10-13-16-19-22-24-26-28-32-37-42-47-52-66(71)79-58-64(85-68(73)54-49-44-39-34-30-29-31-35-40-45-50-61(5)9-4)60-83-87(76,77)81-56-62(69)55-80-86(74,75)82-59-63(57-78-65(70)51-46-41-36-21-18-15-12-8-3)84-67(72)53-48-43-38-33-27-25-23-20-17-14-11-7-2/h61-64,69H,6-60H2,1-5H3,(H,74,75)(H,76,77)/t61?,62-,63+,64+/m0/s1. The number of hydrogen-bond donors (Lipinski definition) is 3. The molecule has 0 aliphatic carbocycles. The lowest BCUT2D eigenvalue weighted by atomic mass is 9.99. The fourth-order valence-electron chi connectivity index (χ4n) is 10.3. The van der Waals surface area contributed by atoms with Crippen LogP contribution in [0.15, 0.2) is 0 Å². The van der Waals surface area contributed by atoms with Gasteiger partial charge in [0.2, 0.25) is 0 Å². The van der Waals surface area contributed by atoms with Crippen molar-refractivity contribution in [1.82, 2.24) is 0 Å². The minimum atomic E-state index is -4.95. The highest BCUT2D eigenvalue weighted by molar-refractivity contribution is 7.47. The summed E-state index contributed by atoms with van der Waals surface area (Å²) in [5, 5.41) is 10.6. The molecule has 3 N–H and O–H groups in total. The van der Waals surface area contributed by atoms with Crippen LogP contribution in [0.3, 0.4) is 0 Å². The van der Waals surface area contributed by atoms with Crippen LogP contribution >= 0.6 is 15.6 Å². The van der Waals surface area contributed by atoms with Gasteiger partial charge < -0.3 is 33.8 Å². The van der Waals surface area contributed by atoms with Gasteiger partial charge in [0.25, 0.3) is 0 Å². The third kappa shape index (κ3) is 61.3. The van der Waals surface area contributed by atoms with Crippen LogP contribution in [0.5, 0.6) is 0 Å².